The maximum absolute atomic E-state index is 12.3. The van der Waals surface area contributed by atoms with Gasteiger partial charge in [0.05, 0.1) is 17.3 Å². The number of rotatable bonds is 4. The van der Waals surface area contributed by atoms with Gasteiger partial charge in [0, 0.05) is 11.3 Å². The maximum atomic E-state index is 12.3. The number of aryl methyl sites for hydroxylation is 2. The molecule has 0 aliphatic carbocycles. The molecule has 2 rings (SSSR count). The summed E-state index contributed by atoms with van der Waals surface area (Å²) in [5.74, 6) is -0.554. The zero-order chi connectivity index (χ0) is 17.0. The van der Waals surface area contributed by atoms with E-state index in [1.165, 1.54) is 0 Å². The Morgan fingerprint density at radius 2 is 1.78 bits per heavy atom. The fourth-order valence-corrected chi connectivity index (χ4v) is 2.21. The fraction of sp³-hybridized carbons (Fsp3) is 0.176. The Labute approximate surface area is 139 Å². The molecule has 120 valence electrons. The summed E-state index contributed by atoms with van der Waals surface area (Å²) in [6, 6.07) is 10.3. The summed E-state index contributed by atoms with van der Waals surface area (Å²) in [6.07, 6.45) is 0. The molecule has 0 spiro atoms. The van der Waals surface area contributed by atoms with Crippen molar-refractivity contribution in [3.05, 3.63) is 58.1 Å². The number of carbonyl (C=O) groups excluding carboxylic acids is 2. The Bertz CT molecular complexity index is 759. The van der Waals surface area contributed by atoms with Crippen LogP contribution in [0.4, 0.5) is 11.4 Å². The molecule has 0 bridgehead atoms. The van der Waals surface area contributed by atoms with Crippen LogP contribution in [0, 0.1) is 13.8 Å². The van der Waals surface area contributed by atoms with Crippen molar-refractivity contribution in [1.82, 2.24) is 0 Å². The largest absolute Gasteiger partial charge is 0.325 e. The van der Waals surface area contributed by atoms with Gasteiger partial charge >= 0.3 is 0 Å². The molecule has 2 amide bonds. The highest BCUT2D eigenvalue weighted by Gasteiger charge is 2.10. The van der Waals surface area contributed by atoms with Crippen molar-refractivity contribution < 1.29 is 9.59 Å². The van der Waals surface area contributed by atoms with Gasteiger partial charge < -0.3 is 16.4 Å². The highest BCUT2D eigenvalue weighted by molar-refractivity contribution is 6.34. The summed E-state index contributed by atoms with van der Waals surface area (Å²) in [6.45, 7) is 3.83. The SMILES string of the molecule is Cc1ccc(C(=O)Nc2ccc(NC(=O)CN)cc2Cl)cc1C. The Morgan fingerprint density at radius 3 is 2.39 bits per heavy atom. The number of hydrogen-bond donors (Lipinski definition) is 3. The summed E-state index contributed by atoms with van der Waals surface area (Å²) in [5, 5.41) is 5.69. The van der Waals surface area contributed by atoms with Gasteiger partial charge in [-0.15, -0.1) is 0 Å². The van der Waals surface area contributed by atoms with Crippen molar-refractivity contribution in [3.8, 4) is 0 Å². The average molecular weight is 332 g/mol. The zero-order valence-electron chi connectivity index (χ0n) is 12.9. The number of nitrogens with two attached hydrogens (primary N) is 1. The Morgan fingerprint density at radius 1 is 1.04 bits per heavy atom. The molecule has 23 heavy (non-hydrogen) atoms. The van der Waals surface area contributed by atoms with Crippen molar-refractivity contribution in [2.75, 3.05) is 17.2 Å². The van der Waals surface area contributed by atoms with Gasteiger partial charge in [0.2, 0.25) is 5.91 Å². The third-order valence-electron chi connectivity index (χ3n) is 3.46. The van der Waals surface area contributed by atoms with E-state index in [1.54, 1.807) is 24.3 Å². The minimum atomic E-state index is -0.312. The molecular formula is C17H18ClN3O2. The van der Waals surface area contributed by atoms with Crippen molar-refractivity contribution in [2.24, 2.45) is 5.73 Å². The molecule has 0 saturated carbocycles. The molecule has 0 aliphatic rings. The third-order valence-corrected chi connectivity index (χ3v) is 3.77. The van der Waals surface area contributed by atoms with E-state index in [0.29, 0.717) is 22.0 Å². The molecule has 0 fully saturated rings. The van der Waals surface area contributed by atoms with E-state index in [9.17, 15) is 9.59 Å². The van der Waals surface area contributed by atoms with Crippen LogP contribution in [0.15, 0.2) is 36.4 Å². The van der Waals surface area contributed by atoms with E-state index in [-0.39, 0.29) is 18.4 Å². The lowest BCUT2D eigenvalue weighted by Gasteiger charge is -2.10. The van der Waals surface area contributed by atoms with Crippen LogP contribution in [-0.2, 0) is 4.79 Å². The smallest absolute Gasteiger partial charge is 0.255 e. The Kier molecular flexibility index (Phi) is 5.36. The molecule has 4 N–H and O–H groups in total. The summed E-state index contributed by atoms with van der Waals surface area (Å²) in [5.41, 5.74) is 8.96. The van der Waals surface area contributed by atoms with E-state index >= 15 is 0 Å². The normalized spacial score (nSPS) is 10.3. The molecule has 0 unspecified atom stereocenters. The third kappa shape index (κ3) is 4.31. The van der Waals surface area contributed by atoms with Crippen LogP contribution < -0.4 is 16.4 Å². The number of anilines is 2. The van der Waals surface area contributed by atoms with Gasteiger partial charge in [-0.1, -0.05) is 17.7 Å². The molecule has 2 aromatic rings. The van der Waals surface area contributed by atoms with Crippen molar-refractivity contribution >= 4 is 34.8 Å². The molecule has 0 saturated heterocycles. The van der Waals surface area contributed by atoms with E-state index in [2.05, 4.69) is 10.6 Å². The Balaban J connectivity index is 2.14. The van der Waals surface area contributed by atoms with Crippen molar-refractivity contribution in [1.29, 1.82) is 0 Å². The topological polar surface area (TPSA) is 84.2 Å². The maximum Gasteiger partial charge on any atom is 0.255 e. The van der Waals surface area contributed by atoms with Gasteiger partial charge in [-0.25, -0.2) is 0 Å². The first-order valence-corrected chi connectivity index (χ1v) is 7.46. The quantitative estimate of drug-likeness (QED) is 0.804. The predicted octanol–water partition coefficient (Wildman–Crippen LogP) is 3.11. The second-order valence-corrected chi connectivity index (χ2v) is 5.61. The Hall–Kier alpha value is -2.37. The van der Waals surface area contributed by atoms with Gasteiger partial charge in [-0.05, 0) is 55.3 Å². The fourth-order valence-electron chi connectivity index (χ4n) is 1.98. The van der Waals surface area contributed by atoms with Gasteiger partial charge in [-0.2, -0.15) is 0 Å². The lowest BCUT2D eigenvalue weighted by molar-refractivity contribution is -0.114. The monoisotopic (exact) mass is 331 g/mol. The van der Waals surface area contributed by atoms with Gasteiger partial charge in [0.25, 0.3) is 5.91 Å². The molecule has 0 aliphatic heterocycles. The zero-order valence-corrected chi connectivity index (χ0v) is 13.7. The number of amides is 2. The molecule has 6 heteroatoms. The summed E-state index contributed by atoms with van der Waals surface area (Å²) in [7, 11) is 0. The molecule has 5 nitrogen and oxygen atoms in total. The number of nitrogens with one attached hydrogen (secondary N) is 2. The van der Waals surface area contributed by atoms with Crippen LogP contribution in [-0.4, -0.2) is 18.4 Å². The minimum Gasteiger partial charge on any atom is -0.325 e. The van der Waals surface area contributed by atoms with E-state index in [0.717, 1.165) is 11.1 Å². The van der Waals surface area contributed by atoms with Crippen LogP contribution in [0.5, 0.6) is 0 Å². The van der Waals surface area contributed by atoms with Crippen LogP contribution in [0.25, 0.3) is 0 Å². The summed E-state index contributed by atoms with van der Waals surface area (Å²) in [4.78, 5) is 23.5. The molecule has 0 heterocycles. The summed E-state index contributed by atoms with van der Waals surface area (Å²) >= 11 is 6.15. The molecule has 0 atom stereocenters. The van der Waals surface area contributed by atoms with Gasteiger partial charge in [-0.3, -0.25) is 9.59 Å². The highest BCUT2D eigenvalue weighted by Crippen LogP contribution is 2.26. The van der Waals surface area contributed by atoms with E-state index in [4.69, 9.17) is 17.3 Å². The first-order valence-electron chi connectivity index (χ1n) is 7.09. The first kappa shape index (κ1) is 17.0. The first-order chi connectivity index (χ1) is 10.9. The van der Waals surface area contributed by atoms with Crippen molar-refractivity contribution in [2.45, 2.75) is 13.8 Å². The number of halogens is 1. The average Bonchev–Trinajstić information content (AvgIpc) is 2.52. The standard InChI is InChI=1S/C17H18ClN3O2/c1-10-3-4-12(7-11(10)2)17(23)21-15-6-5-13(8-14(15)18)20-16(22)9-19/h3-8H,9,19H2,1-2H3,(H,20,22)(H,21,23). The van der Waals surface area contributed by atoms with Crippen LogP contribution in [0.1, 0.15) is 21.5 Å². The molecule has 0 aromatic heterocycles. The minimum absolute atomic E-state index is 0.108. The second kappa shape index (κ2) is 7.26. The number of hydrogen-bond acceptors (Lipinski definition) is 3. The lowest BCUT2D eigenvalue weighted by Crippen LogP contribution is -2.21. The van der Waals surface area contributed by atoms with E-state index in [1.807, 2.05) is 26.0 Å². The van der Waals surface area contributed by atoms with Crippen LogP contribution in [0.2, 0.25) is 5.02 Å². The number of benzene rings is 2. The van der Waals surface area contributed by atoms with Gasteiger partial charge in [0.1, 0.15) is 0 Å². The molecule has 0 radical (unpaired) electrons. The second-order valence-electron chi connectivity index (χ2n) is 5.20. The summed E-state index contributed by atoms with van der Waals surface area (Å²) < 4.78 is 0. The van der Waals surface area contributed by atoms with Crippen LogP contribution >= 0.6 is 11.6 Å². The molecular weight excluding hydrogens is 314 g/mol. The predicted molar refractivity (Wildman–Crippen MR) is 93.0 cm³/mol. The highest BCUT2D eigenvalue weighted by atomic mass is 35.5. The van der Waals surface area contributed by atoms with Gasteiger partial charge in [0.15, 0.2) is 0 Å². The van der Waals surface area contributed by atoms with Crippen molar-refractivity contribution in [3.63, 3.8) is 0 Å². The molecule has 2 aromatic carbocycles. The van der Waals surface area contributed by atoms with Crippen LogP contribution in [0.3, 0.4) is 0 Å². The van der Waals surface area contributed by atoms with E-state index < -0.39 is 0 Å². The number of carbonyl (C=O) groups is 2. The lowest BCUT2D eigenvalue weighted by atomic mass is 10.1.